The van der Waals surface area contributed by atoms with E-state index >= 15 is 0 Å². The first-order chi connectivity index (χ1) is 10.3. The minimum absolute atomic E-state index is 0.395. The summed E-state index contributed by atoms with van der Waals surface area (Å²) >= 11 is 1.99. The van der Waals surface area contributed by atoms with Gasteiger partial charge in [-0.3, -0.25) is 4.99 Å². The fraction of sp³-hybridized carbons (Fsp3) is 0.562. The molecule has 1 saturated heterocycles. The van der Waals surface area contributed by atoms with Crippen LogP contribution in [0.15, 0.2) is 29.3 Å². The standard InChI is InChI=1S/C16H24N4S/c1-13(12-18-16(17)19-8-10-21-11-9-19)20-7-6-14-4-2-3-5-15(14)20/h2-5,13H,6-12H2,1H3,(H2,17,18). The van der Waals surface area contributed by atoms with Crippen LogP contribution in [-0.2, 0) is 6.42 Å². The molecule has 0 aliphatic carbocycles. The second-order valence-electron chi connectivity index (χ2n) is 5.72. The van der Waals surface area contributed by atoms with Crippen molar-refractivity contribution in [2.24, 2.45) is 10.7 Å². The number of benzene rings is 1. The summed E-state index contributed by atoms with van der Waals surface area (Å²) in [6, 6.07) is 9.08. The molecule has 3 rings (SSSR count). The normalized spacial score (nSPS) is 20.5. The maximum atomic E-state index is 6.14. The Hall–Kier alpha value is -1.36. The molecule has 21 heavy (non-hydrogen) atoms. The molecule has 0 spiro atoms. The van der Waals surface area contributed by atoms with E-state index in [1.54, 1.807) is 0 Å². The van der Waals surface area contributed by atoms with Crippen molar-refractivity contribution < 1.29 is 0 Å². The minimum Gasteiger partial charge on any atom is -0.370 e. The highest BCUT2D eigenvalue weighted by Gasteiger charge is 2.22. The Kier molecular flexibility index (Phi) is 4.58. The summed E-state index contributed by atoms with van der Waals surface area (Å²) < 4.78 is 0. The largest absolute Gasteiger partial charge is 0.370 e. The molecule has 0 radical (unpaired) electrons. The van der Waals surface area contributed by atoms with Crippen LogP contribution < -0.4 is 10.6 Å². The average Bonchev–Trinajstić information content (AvgIpc) is 2.97. The molecule has 2 N–H and O–H groups in total. The van der Waals surface area contributed by atoms with Gasteiger partial charge in [-0.2, -0.15) is 11.8 Å². The first kappa shape index (κ1) is 14.6. The number of aliphatic imine (C=N–C) groups is 1. The van der Waals surface area contributed by atoms with Gasteiger partial charge in [0.25, 0.3) is 0 Å². The number of fused-ring (bicyclic) bond motifs is 1. The smallest absolute Gasteiger partial charge is 0.191 e. The fourth-order valence-corrected chi connectivity index (χ4v) is 3.94. The van der Waals surface area contributed by atoms with Crippen molar-refractivity contribution >= 4 is 23.4 Å². The number of guanidine groups is 1. The summed E-state index contributed by atoms with van der Waals surface area (Å²) in [5.74, 6) is 3.03. The molecule has 1 fully saturated rings. The van der Waals surface area contributed by atoms with Crippen LogP contribution in [0.1, 0.15) is 12.5 Å². The molecule has 0 bridgehead atoms. The molecule has 5 heteroatoms. The lowest BCUT2D eigenvalue weighted by molar-refractivity contribution is 0.454. The summed E-state index contributed by atoms with van der Waals surface area (Å²) in [4.78, 5) is 9.30. The lowest BCUT2D eigenvalue weighted by atomic mass is 10.2. The zero-order valence-electron chi connectivity index (χ0n) is 12.7. The van der Waals surface area contributed by atoms with E-state index in [0.717, 1.165) is 50.1 Å². The van der Waals surface area contributed by atoms with Crippen molar-refractivity contribution in [3.8, 4) is 0 Å². The third-order valence-electron chi connectivity index (χ3n) is 4.31. The number of thioether (sulfide) groups is 1. The van der Waals surface area contributed by atoms with E-state index in [1.807, 2.05) is 11.8 Å². The van der Waals surface area contributed by atoms with Crippen molar-refractivity contribution in [2.75, 3.05) is 42.6 Å². The van der Waals surface area contributed by atoms with Gasteiger partial charge in [-0.15, -0.1) is 0 Å². The van der Waals surface area contributed by atoms with Gasteiger partial charge >= 0.3 is 0 Å². The maximum Gasteiger partial charge on any atom is 0.191 e. The lowest BCUT2D eigenvalue weighted by Gasteiger charge is -2.29. The molecular formula is C16H24N4S. The second-order valence-corrected chi connectivity index (χ2v) is 6.94. The van der Waals surface area contributed by atoms with E-state index in [-0.39, 0.29) is 0 Å². The SMILES string of the molecule is CC(CN=C(N)N1CCSCC1)N1CCc2ccccc21. The molecule has 1 aromatic carbocycles. The molecule has 114 valence electrons. The van der Waals surface area contributed by atoms with Gasteiger partial charge in [0.15, 0.2) is 5.96 Å². The number of hydrogen-bond acceptors (Lipinski definition) is 3. The van der Waals surface area contributed by atoms with E-state index in [0.29, 0.717) is 6.04 Å². The van der Waals surface area contributed by atoms with Crippen LogP contribution in [-0.4, -0.2) is 54.6 Å². The van der Waals surface area contributed by atoms with Gasteiger partial charge < -0.3 is 15.5 Å². The fourth-order valence-electron chi connectivity index (χ4n) is 3.04. The van der Waals surface area contributed by atoms with Crippen molar-refractivity contribution in [2.45, 2.75) is 19.4 Å². The van der Waals surface area contributed by atoms with E-state index in [2.05, 4.69) is 46.0 Å². The molecule has 0 aromatic heterocycles. The van der Waals surface area contributed by atoms with Crippen LogP contribution in [0.3, 0.4) is 0 Å². The lowest BCUT2D eigenvalue weighted by Crippen LogP contribution is -2.43. The first-order valence-electron chi connectivity index (χ1n) is 7.73. The zero-order valence-corrected chi connectivity index (χ0v) is 13.5. The van der Waals surface area contributed by atoms with E-state index in [9.17, 15) is 0 Å². The van der Waals surface area contributed by atoms with Crippen LogP contribution in [0.2, 0.25) is 0 Å². The van der Waals surface area contributed by atoms with Crippen molar-refractivity contribution in [1.82, 2.24) is 4.90 Å². The molecule has 2 aliphatic rings. The van der Waals surface area contributed by atoms with Crippen molar-refractivity contribution in [3.63, 3.8) is 0 Å². The molecule has 1 unspecified atom stereocenters. The highest BCUT2D eigenvalue weighted by atomic mass is 32.2. The third-order valence-corrected chi connectivity index (χ3v) is 5.25. The Morgan fingerprint density at radius 3 is 2.86 bits per heavy atom. The average molecular weight is 304 g/mol. The monoisotopic (exact) mass is 304 g/mol. The second kappa shape index (κ2) is 6.60. The van der Waals surface area contributed by atoms with Gasteiger partial charge in [0.1, 0.15) is 0 Å². The molecule has 2 heterocycles. The first-order valence-corrected chi connectivity index (χ1v) is 8.88. The summed E-state index contributed by atoms with van der Waals surface area (Å²) in [7, 11) is 0. The van der Waals surface area contributed by atoms with E-state index in [4.69, 9.17) is 5.73 Å². The molecule has 2 aliphatic heterocycles. The number of nitrogens with two attached hydrogens (primary N) is 1. The van der Waals surface area contributed by atoms with Gasteiger partial charge in [0, 0.05) is 42.9 Å². The zero-order chi connectivity index (χ0) is 14.7. The predicted octanol–water partition coefficient (Wildman–Crippen LogP) is 1.80. The van der Waals surface area contributed by atoms with Crippen LogP contribution in [0, 0.1) is 0 Å². The van der Waals surface area contributed by atoms with Crippen LogP contribution in [0.5, 0.6) is 0 Å². The van der Waals surface area contributed by atoms with Crippen molar-refractivity contribution in [1.29, 1.82) is 0 Å². The van der Waals surface area contributed by atoms with Gasteiger partial charge in [-0.1, -0.05) is 18.2 Å². The topological polar surface area (TPSA) is 44.9 Å². The van der Waals surface area contributed by atoms with Crippen LogP contribution in [0.4, 0.5) is 5.69 Å². The molecular weight excluding hydrogens is 280 g/mol. The Labute approximate surface area is 131 Å². The number of nitrogens with zero attached hydrogens (tertiary/aromatic N) is 3. The van der Waals surface area contributed by atoms with Crippen molar-refractivity contribution in [3.05, 3.63) is 29.8 Å². The van der Waals surface area contributed by atoms with Gasteiger partial charge in [-0.25, -0.2) is 0 Å². The highest BCUT2D eigenvalue weighted by molar-refractivity contribution is 7.99. The summed E-state index contributed by atoms with van der Waals surface area (Å²) in [6.45, 7) is 6.16. The number of hydrogen-bond donors (Lipinski definition) is 1. The van der Waals surface area contributed by atoms with Gasteiger partial charge in [-0.05, 0) is 25.0 Å². The molecule has 4 nitrogen and oxygen atoms in total. The Bertz CT molecular complexity index is 511. The molecule has 1 atom stereocenters. The Morgan fingerprint density at radius 1 is 1.29 bits per heavy atom. The third kappa shape index (κ3) is 3.28. The number of anilines is 1. The summed E-state index contributed by atoms with van der Waals surface area (Å²) in [5.41, 5.74) is 8.96. The predicted molar refractivity (Wildman–Crippen MR) is 92.3 cm³/mol. The minimum atomic E-state index is 0.395. The maximum absolute atomic E-state index is 6.14. The summed E-state index contributed by atoms with van der Waals surface area (Å²) in [5, 5.41) is 0. The number of rotatable bonds is 3. The van der Waals surface area contributed by atoms with Crippen LogP contribution >= 0.6 is 11.8 Å². The molecule has 1 aromatic rings. The number of para-hydroxylation sites is 1. The van der Waals surface area contributed by atoms with Crippen LogP contribution in [0.25, 0.3) is 0 Å². The Balaban J connectivity index is 1.60. The Morgan fingerprint density at radius 2 is 2.05 bits per heavy atom. The summed E-state index contributed by atoms with van der Waals surface area (Å²) in [6.07, 6.45) is 1.14. The van der Waals surface area contributed by atoms with E-state index < -0.39 is 0 Å². The molecule has 0 amide bonds. The quantitative estimate of drug-likeness (QED) is 0.683. The van der Waals surface area contributed by atoms with E-state index in [1.165, 1.54) is 11.3 Å². The molecule has 0 saturated carbocycles. The van der Waals surface area contributed by atoms with Gasteiger partial charge in [0.05, 0.1) is 6.54 Å². The highest BCUT2D eigenvalue weighted by Crippen LogP contribution is 2.29. The van der Waals surface area contributed by atoms with Gasteiger partial charge in [0.2, 0.25) is 0 Å².